The predicted molar refractivity (Wildman–Crippen MR) is 113 cm³/mol. The van der Waals surface area contributed by atoms with Crippen LogP contribution in [0.1, 0.15) is 57.0 Å². The van der Waals surface area contributed by atoms with E-state index >= 15 is 0 Å². The second-order valence-electron chi connectivity index (χ2n) is 7.40. The summed E-state index contributed by atoms with van der Waals surface area (Å²) in [5.74, 6) is 0.680. The first kappa shape index (κ1) is 22.3. The third kappa shape index (κ3) is 5.81. The minimum Gasteiger partial charge on any atom is -0.349 e. The maximum atomic E-state index is 13.1. The summed E-state index contributed by atoms with van der Waals surface area (Å²) in [7, 11) is 0. The van der Waals surface area contributed by atoms with Crippen LogP contribution in [0.15, 0.2) is 29.4 Å². The molecule has 1 fully saturated rings. The molecule has 1 aromatic heterocycles. The third-order valence-electron chi connectivity index (χ3n) is 5.19. The van der Waals surface area contributed by atoms with Crippen molar-refractivity contribution in [2.75, 3.05) is 12.3 Å². The number of rotatable bonds is 8. The number of halogens is 1. The van der Waals surface area contributed by atoms with Gasteiger partial charge in [-0.3, -0.25) is 9.59 Å². The van der Waals surface area contributed by atoms with Crippen LogP contribution < -0.4 is 5.32 Å². The minimum atomic E-state index is -0.301. The number of thioether (sulfide) groups is 1. The second-order valence-corrected chi connectivity index (χ2v) is 8.34. The maximum absolute atomic E-state index is 13.1. The molecule has 2 aromatic rings. The van der Waals surface area contributed by atoms with Gasteiger partial charge in [-0.05, 0) is 44.4 Å². The van der Waals surface area contributed by atoms with E-state index in [1.54, 1.807) is 12.1 Å². The quantitative estimate of drug-likeness (QED) is 0.646. The minimum absolute atomic E-state index is 0.133. The Bertz CT molecular complexity index is 871. The summed E-state index contributed by atoms with van der Waals surface area (Å²) in [5, 5.41) is 12.1. The van der Waals surface area contributed by atoms with Crippen LogP contribution in [-0.2, 0) is 22.7 Å². The first-order valence-electron chi connectivity index (χ1n) is 10.4. The molecule has 0 aliphatic carbocycles. The Balaban J connectivity index is 1.56. The average Bonchev–Trinajstić information content (AvgIpc) is 3.00. The molecule has 9 heteroatoms. The Kier molecular flexibility index (Phi) is 7.84. The number of carbonyl (C=O) groups excluding carboxylic acids is 2. The van der Waals surface area contributed by atoms with Crippen LogP contribution in [0.25, 0.3) is 0 Å². The van der Waals surface area contributed by atoms with Crippen molar-refractivity contribution in [3.05, 3.63) is 41.5 Å². The average molecular weight is 434 g/mol. The number of hydrogen-bond donors (Lipinski definition) is 1. The van der Waals surface area contributed by atoms with Gasteiger partial charge >= 0.3 is 0 Å². The van der Waals surface area contributed by atoms with Gasteiger partial charge in [-0.1, -0.05) is 30.3 Å². The Morgan fingerprint density at radius 1 is 1.23 bits per heavy atom. The first-order chi connectivity index (χ1) is 14.5. The highest BCUT2D eigenvalue weighted by molar-refractivity contribution is 7.99. The number of aromatic nitrogens is 3. The number of amides is 2. The number of likely N-dealkylation sites (tertiary alicyclic amines) is 1. The smallest absolute Gasteiger partial charge is 0.230 e. The summed E-state index contributed by atoms with van der Waals surface area (Å²) in [6.07, 6.45) is 3.63. The number of benzene rings is 1. The topological polar surface area (TPSA) is 80.1 Å². The van der Waals surface area contributed by atoms with Crippen molar-refractivity contribution in [1.82, 2.24) is 25.0 Å². The number of nitrogens with zero attached hydrogens (tertiary/aromatic N) is 4. The van der Waals surface area contributed by atoms with E-state index in [1.807, 2.05) is 23.3 Å². The summed E-state index contributed by atoms with van der Waals surface area (Å²) in [6, 6.07) is 5.88. The molecule has 1 N–H and O–H groups in total. The van der Waals surface area contributed by atoms with Gasteiger partial charge in [0.15, 0.2) is 11.0 Å². The highest BCUT2D eigenvalue weighted by Crippen LogP contribution is 2.20. The molecular formula is C21H28FN5O2S. The van der Waals surface area contributed by atoms with E-state index in [9.17, 15) is 14.0 Å². The van der Waals surface area contributed by atoms with Crippen LogP contribution >= 0.6 is 11.8 Å². The SMILES string of the molecule is CCn1c(CN2CCCCCC2=O)nnc1SCC(=O)N[C@H](C)c1ccc(F)cc1. The lowest BCUT2D eigenvalue weighted by Crippen LogP contribution is -2.31. The van der Waals surface area contributed by atoms with Gasteiger partial charge in [-0.15, -0.1) is 10.2 Å². The van der Waals surface area contributed by atoms with Crippen LogP contribution in [0.5, 0.6) is 0 Å². The van der Waals surface area contributed by atoms with Gasteiger partial charge in [0.2, 0.25) is 11.8 Å². The molecule has 2 heterocycles. The lowest BCUT2D eigenvalue weighted by Gasteiger charge is -2.20. The third-order valence-corrected chi connectivity index (χ3v) is 6.16. The molecule has 1 saturated heterocycles. The van der Waals surface area contributed by atoms with Gasteiger partial charge in [0.05, 0.1) is 18.3 Å². The van der Waals surface area contributed by atoms with Gasteiger partial charge in [-0.2, -0.15) is 0 Å². The molecule has 0 unspecified atom stereocenters. The Hall–Kier alpha value is -2.42. The molecule has 3 rings (SSSR count). The highest BCUT2D eigenvalue weighted by Gasteiger charge is 2.21. The van der Waals surface area contributed by atoms with Crippen molar-refractivity contribution < 1.29 is 14.0 Å². The first-order valence-corrected chi connectivity index (χ1v) is 11.3. The van der Waals surface area contributed by atoms with Crippen LogP contribution in [0.3, 0.4) is 0 Å². The highest BCUT2D eigenvalue weighted by atomic mass is 32.2. The second kappa shape index (κ2) is 10.6. The molecular weight excluding hydrogens is 405 g/mol. The number of carbonyl (C=O) groups is 2. The largest absolute Gasteiger partial charge is 0.349 e. The van der Waals surface area contributed by atoms with E-state index in [-0.39, 0.29) is 29.4 Å². The van der Waals surface area contributed by atoms with E-state index in [1.165, 1.54) is 23.9 Å². The number of hydrogen-bond acceptors (Lipinski definition) is 5. The molecule has 1 aliphatic rings. The fourth-order valence-corrected chi connectivity index (χ4v) is 4.32. The van der Waals surface area contributed by atoms with E-state index in [4.69, 9.17) is 0 Å². The van der Waals surface area contributed by atoms with E-state index < -0.39 is 0 Å². The van der Waals surface area contributed by atoms with Crippen LogP contribution in [0.4, 0.5) is 4.39 Å². The van der Waals surface area contributed by atoms with Crippen molar-refractivity contribution >= 4 is 23.6 Å². The van der Waals surface area contributed by atoms with Crippen LogP contribution in [-0.4, -0.2) is 43.8 Å². The molecule has 1 aliphatic heterocycles. The van der Waals surface area contributed by atoms with Crippen LogP contribution in [0, 0.1) is 5.82 Å². The van der Waals surface area contributed by atoms with Gasteiger partial charge < -0.3 is 14.8 Å². The molecule has 2 amide bonds. The van der Waals surface area contributed by atoms with Crippen molar-refractivity contribution in [2.45, 2.75) is 63.8 Å². The zero-order valence-electron chi connectivity index (χ0n) is 17.4. The molecule has 0 spiro atoms. The van der Waals surface area contributed by atoms with E-state index in [2.05, 4.69) is 15.5 Å². The summed E-state index contributed by atoms with van der Waals surface area (Å²) in [4.78, 5) is 26.5. The zero-order valence-corrected chi connectivity index (χ0v) is 18.3. The van der Waals surface area contributed by atoms with Crippen LogP contribution in [0.2, 0.25) is 0 Å². The van der Waals surface area contributed by atoms with Gasteiger partial charge in [0.1, 0.15) is 5.82 Å². The van der Waals surface area contributed by atoms with Crippen molar-refractivity contribution in [2.24, 2.45) is 0 Å². The molecule has 1 aromatic carbocycles. The molecule has 1 atom stereocenters. The standard InChI is InChI=1S/C21H28FN5O2S/c1-3-27-18(13-26-12-6-4-5-7-20(26)29)24-25-21(27)30-14-19(28)23-15(2)16-8-10-17(22)11-9-16/h8-11,15H,3-7,12-14H2,1-2H3,(H,23,28)/t15-/m1/s1. The molecule has 0 radical (unpaired) electrons. The van der Waals surface area contributed by atoms with Gasteiger partial charge in [-0.25, -0.2) is 4.39 Å². The zero-order chi connectivity index (χ0) is 21.5. The summed E-state index contributed by atoms with van der Waals surface area (Å²) in [6.45, 7) is 5.73. The molecule has 0 bridgehead atoms. The van der Waals surface area contributed by atoms with Gasteiger partial charge in [0, 0.05) is 19.5 Å². The van der Waals surface area contributed by atoms with Gasteiger partial charge in [0.25, 0.3) is 0 Å². The molecule has 162 valence electrons. The summed E-state index contributed by atoms with van der Waals surface area (Å²) in [5.41, 5.74) is 0.843. The Morgan fingerprint density at radius 2 is 2.00 bits per heavy atom. The predicted octanol–water partition coefficient (Wildman–Crippen LogP) is 3.31. The van der Waals surface area contributed by atoms with E-state index in [0.717, 1.165) is 37.2 Å². The normalized spacial score (nSPS) is 15.7. The Morgan fingerprint density at radius 3 is 2.73 bits per heavy atom. The van der Waals surface area contributed by atoms with Crippen molar-refractivity contribution in [1.29, 1.82) is 0 Å². The molecule has 0 saturated carbocycles. The number of nitrogens with one attached hydrogen (secondary N) is 1. The molecule has 30 heavy (non-hydrogen) atoms. The van der Waals surface area contributed by atoms with Crippen molar-refractivity contribution in [3.63, 3.8) is 0 Å². The lowest BCUT2D eigenvalue weighted by atomic mass is 10.1. The molecule has 7 nitrogen and oxygen atoms in total. The summed E-state index contributed by atoms with van der Waals surface area (Å²) >= 11 is 1.32. The lowest BCUT2D eigenvalue weighted by molar-refractivity contribution is -0.131. The maximum Gasteiger partial charge on any atom is 0.230 e. The van der Waals surface area contributed by atoms with E-state index in [0.29, 0.717) is 24.7 Å². The fraction of sp³-hybridized carbons (Fsp3) is 0.524. The summed E-state index contributed by atoms with van der Waals surface area (Å²) < 4.78 is 15.0. The van der Waals surface area contributed by atoms with Crippen molar-refractivity contribution in [3.8, 4) is 0 Å². The monoisotopic (exact) mass is 433 g/mol. The Labute approximate surface area is 180 Å². The fourth-order valence-electron chi connectivity index (χ4n) is 3.48.